The van der Waals surface area contributed by atoms with Crippen LogP contribution in [0.15, 0.2) is 0 Å². The fourth-order valence-corrected chi connectivity index (χ4v) is 2.05. The number of nitriles is 1. The predicted molar refractivity (Wildman–Crippen MR) is 62.0 cm³/mol. The van der Waals surface area contributed by atoms with E-state index in [0.29, 0.717) is 5.41 Å². The van der Waals surface area contributed by atoms with E-state index in [1.165, 1.54) is 44.9 Å². The molecule has 0 aromatic heterocycles. The third kappa shape index (κ3) is 4.65. The third-order valence-electron chi connectivity index (χ3n) is 3.33. The maximum absolute atomic E-state index is 8.88. The molecular weight excluding hydrogens is 170 g/mol. The monoisotopic (exact) mass is 195 g/mol. The van der Waals surface area contributed by atoms with Gasteiger partial charge in [0.2, 0.25) is 0 Å². The summed E-state index contributed by atoms with van der Waals surface area (Å²) in [6.45, 7) is 6.70. The molecule has 0 unspecified atom stereocenters. The van der Waals surface area contributed by atoms with E-state index in [0.717, 1.165) is 6.42 Å². The number of rotatable bonds is 8. The lowest BCUT2D eigenvalue weighted by Gasteiger charge is -2.30. The van der Waals surface area contributed by atoms with Gasteiger partial charge in [0.25, 0.3) is 0 Å². The first-order chi connectivity index (χ1) is 6.74. The second kappa shape index (κ2) is 7.85. The van der Waals surface area contributed by atoms with Gasteiger partial charge in [0.1, 0.15) is 0 Å². The minimum absolute atomic E-state index is 0.334. The fourth-order valence-electron chi connectivity index (χ4n) is 2.05. The van der Waals surface area contributed by atoms with Crippen molar-refractivity contribution in [2.75, 3.05) is 0 Å². The highest BCUT2D eigenvalue weighted by Crippen LogP contribution is 2.37. The summed E-state index contributed by atoms with van der Waals surface area (Å²) >= 11 is 0. The van der Waals surface area contributed by atoms with Crippen LogP contribution in [0, 0.1) is 16.7 Å². The predicted octanol–water partition coefficient (Wildman–Crippen LogP) is 4.68. The van der Waals surface area contributed by atoms with E-state index < -0.39 is 0 Å². The van der Waals surface area contributed by atoms with Crippen molar-refractivity contribution in [3.63, 3.8) is 0 Å². The van der Waals surface area contributed by atoms with Crippen molar-refractivity contribution >= 4 is 0 Å². The Morgan fingerprint density at radius 3 is 1.79 bits per heavy atom. The molecule has 0 saturated carbocycles. The molecule has 0 aliphatic heterocycles. The highest BCUT2D eigenvalue weighted by Gasteiger charge is 2.26. The summed E-state index contributed by atoms with van der Waals surface area (Å²) in [5.41, 5.74) is 0.334. The summed E-state index contributed by atoms with van der Waals surface area (Å²) in [4.78, 5) is 0. The van der Waals surface area contributed by atoms with E-state index in [-0.39, 0.29) is 0 Å². The zero-order valence-electron chi connectivity index (χ0n) is 10.1. The second-order valence-corrected chi connectivity index (χ2v) is 4.40. The molecule has 0 heterocycles. The summed E-state index contributed by atoms with van der Waals surface area (Å²) in [6, 6.07) is 2.38. The minimum atomic E-state index is 0.334. The van der Waals surface area contributed by atoms with Gasteiger partial charge < -0.3 is 0 Å². The summed E-state index contributed by atoms with van der Waals surface area (Å²) in [5.74, 6) is 0. The van der Waals surface area contributed by atoms with E-state index in [4.69, 9.17) is 5.26 Å². The number of hydrogen-bond donors (Lipinski definition) is 0. The van der Waals surface area contributed by atoms with Crippen molar-refractivity contribution in [3.8, 4) is 6.07 Å². The van der Waals surface area contributed by atoms with Gasteiger partial charge in [-0.3, -0.25) is 0 Å². The molecule has 0 aliphatic carbocycles. The Balaban J connectivity index is 4.20. The van der Waals surface area contributed by atoms with Crippen LogP contribution >= 0.6 is 0 Å². The molecule has 0 bridgehead atoms. The Morgan fingerprint density at radius 1 is 1.00 bits per heavy atom. The molecule has 0 N–H and O–H groups in total. The number of nitrogens with zero attached hydrogens (tertiary/aromatic N) is 1. The molecule has 1 heteroatoms. The Labute approximate surface area is 89.5 Å². The molecular formula is C13H25N. The SMILES string of the molecule is CCCCC(CC)(CC#N)CCCC. The number of unbranched alkanes of at least 4 members (excludes halogenated alkanes) is 2. The molecule has 0 atom stereocenters. The molecule has 1 nitrogen and oxygen atoms in total. The van der Waals surface area contributed by atoms with E-state index in [1.54, 1.807) is 0 Å². The van der Waals surface area contributed by atoms with E-state index in [2.05, 4.69) is 26.8 Å². The van der Waals surface area contributed by atoms with Gasteiger partial charge in [-0.15, -0.1) is 0 Å². The highest BCUT2D eigenvalue weighted by molar-refractivity contribution is 4.87. The molecule has 0 spiro atoms. The van der Waals surface area contributed by atoms with Crippen LogP contribution in [0.2, 0.25) is 0 Å². The van der Waals surface area contributed by atoms with Crippen LogP contribution in [0.25, 0.3) is 0 Å². The summed E-state index contributed by atoms with van der Waals surface area (Å²) in [7, 11) is 0. The molecule has 0 rings (SSSR count). The molecule has 0 amide bonds. The van der Waals surface area contributed by atoms with Crippen molar-refractivity contribution < 1.29 is 0 Å². The number of hydrogen-bond acceptors (Lipinski definition) is 1. The fraction of sp³-hybridized carbons (Fsp3) is 0.923. The van der Waals surface area contributed by atoms with Crippen molar-refractivity contribution in [3.05, 3.63) is 0 Å². The van der Waals surface area contributed by atoms with Gasteiger partial charge in [0.15, 0.2) is 0 Å². The van der Waals surface area contributed by atoms with E-state index >= 15 is 0 Å². The largest absolute Gasteiger partial charge is 0.198 e. The molecule has 0 fully saturated rings. The summed E-state index contributed by atoms with van der Waals surface area (Å²) in [6.07, 6.45) is 9.46. The normalized spacial score (nSPS) is 11.3. The van der Waals surface area contributed by atoms with Gasteiger partial charge in [-0.05, 0) is 24.7 Å². The Bertz CT molecular complexity index is 159. The van der Waals surface area contributed by atoms with Crippen molar-refractivity contribution in [2.45, 2.75) is 72.1 Å². The summed E-state index contributed by atoms with van der Waals surface area (Å²) in [5, 5.41) is 8.88. The van der Waals surface area contributed by atoms with Gasteiger partial charge in [0.05, 0.1) is 6.07 Å². The Kier molecular flexibility index (Phi) is 7.57. The standard InChI is InChI=1S/C13H25N/c1-4-7-9-13(6-3,11-12-14)10-8-5-2/h4-11H2,1-3H3. The van der Waals surface area contributed by atoms with E-state index in [1.807, 2.05) is 0 Å². The first-order valence-electron chi connectivity index (χ1n) is 6.11. The molecule has 0 radical (unpaired) electrons. The topological polar surface area (TPSA) is 23.8 Å². The molecule has 0 aromatic rings. The minimum Gasteiger partial charge on any atom is -0.198 e. The van der Waals surface area contributed by atoms with Crippen LogP contribution < -0.4 is 0 Å². The Hall–Kier alpha value is -0.510. The van der Waals surface area contributed by atoms with Crippen LogP contribution in [-0.4, -0.2) is 0 Å². The first-order valence-corrected chi connectivity index (χ1v) is 6.11. The van der Waals surface area contributed by atoms with Gasteiger partial charge in [-0.25, -0.2) is 0 Å². The molecule has 82 valence electrons. The maximum Gasteiger partial charge on any atom is 0.0627 e. The zero-order valence-corrected chi connectivity index (χ0v) is 10.1. The van der Waals surface area contributed by atoms with Crippen LogP contribution in [0.5, 0.6) is 0 Å². The van der Waals surface area contributed by atoms with Gasteiger partial charge in [0, 0.05) is 6.42 Å². The van der Waals surface area contributed by atoms with Gasteiger partial charge >= 0.3 is 0 Å². The van der Waals surface area contributed by atoms with Crippen LogP contribution in [-0.2, 0) is 0 Å². The molecule has 14 heavy (non-hydrogen) atoms. The van der Waals surface area contributed by atoms with Crippen molar-refractivity contribution in [1.29, 1.82) is 5.26 Å². The molecule has 0 aromatic carbocycles. The van der Waals surface area contributed by atoms with Gasteiger partial charge in [-0.2, -0.15) is 5.26 Å². The van der Waals surface area contributed by atoms with Crippen LogP contribution in [0.4, 0.5) is 0 Å². The zero-order chi connectivity index (χ0) is 10.9. The van der Waals surface area contributed by atoms with Crippen molar-refractivity contribution in [2.24, 2.45) is 5.41 Å². The quantitative estimate of drug-likeness (QED) is 0.552. The lowest BCUT2D eigenvalue weighted by Crippen LogP contribution is -2.19. The average molecular weight is 195 g/mol. The molecule has 0 aliphatic rings. The lowest BCUT2D eigenvalue weighted by molar-refractivity contribution is 0.221. The summed E-state index contributed by atoms with van der Waals surface area (Å²) < 4.78 is 0. The maximum atomic E-state index is 8.88. The second-order valence-electron chi connectivity index (χ2n) is 4.40. The van der Waals surface area contributed by atoms with Crippen LogP contribution in [0.1, 0.15) is 72.1 Å². The van der Waals surface area contributed by atoms with Gasteiger partial charge in [-0.1, -0.05) is 46.5 Å². The molecule has 0 saturated heterocycles. The average Bonchev–Trinajstić information content (AvgIpc) is 2.22. The van der Waals surface area contributed by atoms with E-state index in [9.17, 15) is 0 Å². The highest BCUT2D eigenvalue weighted by atomic mass is 14.3. The van der Waals surface area contributed by atoms with Crippen LogP contribution in [0.3, 0.4) is 0 Å². The first kappa shape index (κ1) is 13.5. The van der Waals surface area contributed by atoms with Crippen molar-refractivity contribution in [1.82, 2.24) is 0 Å². The third-order valence-corrected chi connectivity index (χ3v) is 3.33. The lowest BCUT2D eigenvalue weighted by atomic mass is 9.74. The smallest absolute Gasteiger partial charge is 0.0627 e. The Morgan fingerprint density at radius 2 is 1.50 bits per heavy atom.